The number of hydrogen-bond acceptors (Lipinski definition) is 9. The zero-order chi connectivity index (χ0) is 47.3. The number of hydrogen-bond donors (Lipinski definition) is 6. The fourth-order valence-corrected chi connectivity index (χ4v) is 8.43. The lowest BCUT2D eigenvalue weighted by Gasteiger charge is -2.47. The van der Waals surface area contributed by atoms with Crippen LogP contribution in [0.2, 0.25) is 0 Å². The van der Waals surface area contributed by atoms with E-state index in [1.165, 1.54) is 53.0 Å². The number of carbonyl (C=O) groups is 2. The molecule has 0 aromatic heterocycles. The van der Waals surface area contributed by atoms with Crippen molar-refractivity contribution in [1.82, 2.24) is 25.3 Å². The normalized spacial score (nSPS) is 16.5. The van der Waals surface area contributed by atoms with Crippen LogP contribution in [0.15, 0.2) is 60.7 Å². The average Bonchev–Trinajstić information content (AvgIpc) is 3.77. The molecule has 0 bridgehead atoms. The van der Waals surface area contributed by atoms with Gasteiger partial charge in [0.05, 0.1) is 65.6 Å². The SMILES string of the molecule is C#CC(C)(C)NCC1(O)CN(C(=O)c2ccc(F)c(F)c2Nc2ccc(I)cc2F)C1.O=C(c1ccc(F)c(F)c1Nc1ccc(I)cc1F)N1CC(O)(CNCCCN2CCCC2)C1. The summed E-state index contributed by atoms with van der Waals surface area (Å²) in [5.74, 6) is -4.83. The third kappa shape index (κ3) is 12.6. The van der Waals surface area contributed by atoms with Gasteiger partial charge >= 0.3 is 0 Å². The van der Waals surface area contributed by atoms with Crippen LogP contribution in [-0.2, 0) is 0 Å². The van der Waals surface area contributed by atoms with Gasteiger partial charge in [-0.15, -0.1) is 6.42 Å². The highest BCUT2D eigenvalue weighted by atomic mass is 127. The van der Waals surface area contributed by atoms with Gasteiger partial charge in [-0.05, 0) is 165 Å². The standard InChI is InChI=1S/C24H28F3IN4O2.C22H21F3IN3O2/c25-18-6-5-17(22(21(18)27)30-20-7-4-16(28)12-19(20)26)23(33)32-14-24(34,15-32)13-29-8-3-11-31-9-1-2-10-31;1-4-21(2,3)27-10-22(31)11-29(12-22)20(30)14-6-7-15(23)18(25)19(14)28-17-8-5-13(26)9-16(17)24/h4-7,12,29-30,34H,1-3,8-11,13-15H2;1,5-9,27-28,31H,10-12H2,2-3H3. The maximum absolute atomic E-state index is 14.6. The van der Waals surface area contributed by atoms with Crippen LogP contribution in [0, 0.1) is 54.4 Å². The summed E-state index contributed by atoms with van der Waals surface area (Å²) in [5, 5.41) is 32.6. The molecular weight excluding hydrogens is 1080 g/mol. The molecule has 3 aliphatic heterocycles. The van der Waals surface area contributed by atoms with Gasteiger partial charge in [0, 0.05) is 20.2 Å². The van der Waals surface area contributed by atoms with E-state index in [1.807, 2.05) is 45.2 Å². The number of amides is 2. The number of aliphatic hydroxyl groups is 2. The number of terminal acetylenes is 1. The molecule has 4 aromatic carbocycles. The van der Waals surface area contributed by atoms with Crippen LogP contribution < -0.4 is 21.3 Å². The molecule has 3 aliphatic rings. The predicted molar refractivity (Wildman–Crippen MR) is 253 cm³/mol. The van der Waals surface area contributed by atoms with Crippen LogP contribution in [0.1, 0.15) is 53.8 Å². The highest BCUT2D eigenvalue weighted by Crippen LogP contribution is 2.34. The molecule has 3 heterocycles. The molecule has 65 heavy (non-hydrogen) atoms. The first-order valence-corrected chi connectivity index (χ1v) is 23.0. The second kappa shape index (κ2) is 21.2. The van der Waals surface area contributed by atoms with Gasteiger partial charge in [0.2, 0.25) is 0 Å². The lowest BCUT2D eigenvalue weighted by molar-refractivity contribution is -0.0804. The summed E-state index contributed by atoms with van der Waals surface area (Å²) in [4.78, 5) is 31.0. The molecule has 0 unspecified atom stereocenters. The zero-order valence-electron chi connectivity index (χ0n) is 35.6. The molecule has 19 heteroatoms. The van der Waals surface area contributed by atoms with E-state index in [0.29, 0.717) is 13.7 Å². The monoisotopic (exact) mass is 1130 g/mol. The Morgan fingerprint density at radius 2 is 1.15 bits per heavy atom. The van der Waals surface area contributed by atoms with E-state index in [9.17, 15) is 46.1 Å². The zero-order valence-corrected chi connectivity index (χ0v) is 39.9. The van der Waals surface area contributed by atoms with Crippen molar-refractivity contribution in [1.29, 1.82) is 0 Å². The highest BCUT2D eigenvalue weighted by molar-refractivity contribution is 14.1. The maximum atomic E-state index is 14.6. The quantitative estimate of drug-likeness (QED) is 0.0313. The fraction of sp³-hybridized carbons (Fsp3) is 0.391. The molecule has 2 amide bonds. The molecule has 7 rings (SSSR count). The van der Waals surface area contributed by atoms with Crippen LogP contribution in [0.4, 0.5) is 49.1 Å². The van der Waals surface area contributed by atoms with Gasteiger partial charge < -0.3 is 40.9 Å². The summed E-state index contributed by atoms with van der Waals surface area (Å²) in [7, 11) is 0. The van der Waals surface area contributed by atoms with Crippen LogP contribution in [0.5, 0.6) is 0 Å². The number of benzene rings is 4. The van der Waals surface area contributed by atoms with E-state index in [0.717, 1.165) is 50.8 Å². The number of rotatable bonds is 15. The van der Waals surface area contributed by atoms with Crippen molar-refractivity contribution in [2.24, 2.45) is 0 Å². The Hall–Kier alpha value is -4.18. The molecule has 3 fully saturated rings. The molecule has 348 valence electrons. The van der Waals surface area contributed by atoms with Crippen LogP contribution >= 0.6 is 45.2 Å². The number of anilines is 4. The summed E-state index contributed by atoms with van der Waals surface area (Å²) in [6, 6.07) is 12.4. The maximum Gasteiger partial charge on any atom is 0.256 e. The van der Waals surface area contributed by atoms with Crippen molar-refractivity contribution in [3.63, 3.8) is 0 Å². The smallest absolute Gasteiger partial charge is 0.256 e. The van der Waals surface area contributed by atoms with E-state index >= 15 is 0 Å². The first-order valence-electron chi connectivity index (χ1n) is 20.8. The van der Waals surface area contributed by atoms with Crippen molar-refractivity contribution in [2.45, 2.75) is 49.9 Å². The Morgan fingerprint density at radius 3 is 1.58 bits per heavy atom. The summed E-state index contributed by atoms with van der Waals surface area (Å²) in [6.45, 7) is 8.26. The van der Waals surface area contributed by atoms with Crippen molar-refractivity contribution >= 4 is 79.7 Å². The van der Waals surface area contributed by atoms with E-state index in [2.05, 4.69) is 32.1 Å². The summed E-state index contributed by atoms with van der Waals surface area (Å²) in [5.41, 5.74) is -4.26. The van der Waals surface area contributed by atoms with Gasteiger partial charge in [-0.3, -0.25) is 14.9 Å². The molecular formula is C46H49F6I2N7O4. The topological polar surface area (TPSA) is 132 Å². The molecule has 3 saturated heterocycles. The Morgan fingerprint density at radius 1 is 0.708 bits per heavy atom. The van der Waals surface area contributed by atoms with E-state index < -0.39 is 74.8 Å². The summed E-state index contributed by atoms with van der Waals surface area (Å²) in [6.07, 6.45) is 8.91. The molecule has 4 aromatic rings. The van der Waals surface area contributed by atoms with Gasteiger partial charge in [0.1, 0.15) is 22.8 Å². The number of nitrogens with one attached hydrogen (secondary N) is 4. The fourth-order valence-electron chi connectivity index (χ4n) is 7.52. The minimum atomic E-state index is -1.29. The van der Waals surface area contributed by atoms with Crippen LogP contribution in [-0.4, -0.2) is 119 Å². The van der Waals surface area contributed by atoms with E-state index in [-0.39, 0.29) is 55.2 Å². The molecule has 0 aliphatic carbocycles. The summed E-state index contributed by atoms with van der Waals surface area (Å²) >= 11 is 3.85. The highest BCUT2D eigenvalue weighted by Gasteiger charge is 2.46. The van der Waals surface area contributed by atoms with Crippen molar-refractivity contribution in [3.8, 4) is 12.3 Å². The molecule has 0 radical (unpaired) electrons. The number of nitrogens with zero attached hydrogens (tertiary/aromatic N) is 3. The third-order valence-corrected chi connectivity index (χ3v) is 12.6. The van der Waals surface area contributed by atoms with Gasteiger partial charge in [-0.1, -0.05) is 5.92 Å². The Labute approximate surface area is 401 Å². The largest absolute Gasteiger partial charge is 0.385 e. The minimum absolute atomic E-state index is 0.0180. The number of β-amino-alcohol motifs (C(OH)–C–C–N with tert-alkyl or cyclic N) is 2. The predicted octanol–water partition coefficient (Wildman–Crippen LogP) is 7.35. The van der Waals surface area contributed by atoms with Crippen molar-refractivity contribution < 1.29 is 46.1 Å². The van der Waals surface area contributed by atoms with Crippen LogP contribution in [0.3, 0.4) is 0 Å². The molecule has 0 spiro atoms. The molecule has 0 saturated carbocycles. The lowest BCUT2D eigenvalue weighted by Crippen LogP contribution is -2.68. The van der Waals surface area contributed by atoms with Gasteiger partial charge in [-0.25, -0.2) is 26.3 Å². The van der Waals surface area contributed by atoms with E-state index in [1.54, 1.807) is 26.0 Å². The lowest BCUT2D eigenvalue weighted by atomic mass is 9.91. The Balaban J connectivity index is 0.000000216. The molecule has 6 N–H and O–H groups in total. The number of likely N-dealkylation sites (tertiary alicyclic amines) is 3. The molecule has 0 atom stereocenters. The number of carbonyl (C=O) groups excluding carboxylic acids is 2. The Kier molecular flexibility index (Phi) is 16.4. The van der Waals surface area contributed by atoms with Gasteiger partial charge in [0.25, 0.3) is 11.8 Å². The third-order valence-electron chi connectivity index (χ3n) is 11.2. The minimum Gasteiger partial charge on any atom is -0.385 e. The second-order valence-electron chi connectivity index (χ2n) is 17.0. The average molecular weight is 1130 g/mol. The van der Waals surface area contributed by atoms with E-state index in [4.69, 9.17) is 6.42 Å². The Bertz CT molecular complexity index is 2440. The first-order chi connectivity index (χ1) is 30.7. The van der Waals surface area contributed by atoms with Crippen molar-refractivity contribution in [2.75, 3.05) is 76.1 Å². The van der Waals surface area contributed by atoms with Crippen molar-refractivity contribution in [3.05, 3.63) is 114 Å². The van der Waals surface area contributed by atoms with Gasteiger partial charge in [-0.2, -0.15) is 0 Å². The summed E-state index contributed by atoms with van der Waals surface area (Å²) < 4.78 is 86.7. The van der Waals surface area contributed by atoms with Crippen LogP contribution in [0.25, 0.3) is 0 Å². The molecule has 11 nitrogen and oxygen atoms in total. The van der Waals surface area contributed by atoms with Gasteiger partial charge in [0.15, 0.2) is 23.3 Å². The second-order valence-corrected chi connectivity index (χ2v) is 19.5. The first kappa shape index (κ1) is 50.2. The number of halogens is 8.